The van der Waals surface area contributed by atoms with Gasteiger partial charge >= 0.3 is 0 Å². The Hall–Kier alpha value is -2.60. The van der Waals surface area contributed by atoms with Gasteiger partial charge in [-0.1, -0.05) is 29.8 Å². The van der Waals surface area contributed by atoms with Crippen molar-refractivity contribution < 1.29 is 4.42 Å². The summed E-state index contributed by atoms with van der Waals surface area (Å²) >= 11 is 0. The van der Waals surface area contributed by atoms with Crippen LogP contribution in [-0.2, 0) is 6.54 Å². The van der Waals surface area contributed by atoms with E-state index in [0.29, 0.717) is 17.5 Å². The zero-order chi connectivity index (χ0) is 17.2. The normalized spacial score (nSPS) is 17.9. The lowest BCUT2D eigenvalue weighted by atomic mass is 10.1. The number of benzene rings is 1. The van der Waals surface area contributed by atoms with Crippen molar-refractivity contribution in [2.24, 2.45) is 0 Å². The molecule has 1 fully saturated rings. The van der Waals surface area contributed by atoms with Crippen LogP contribution in [0, 0.1) is 13.8 Å². The first-order valence-electron chi connectivity index (χ1n) is 8.58. The van der Waals surface area contributed by atoms with Gasteiger partial charge in [-0.2, -0.15) is 0 Å². The van der Waals surface area contributed by atoms with Crippen LogP contribution >= 0.6 is 0 Å². The minimum atomic E-state index is 0.282. The van der Waals surface area contributed by atoms with Gasteiger partial charge in [0, 0.05) is 19.3 Å². The lowest BCUT2D eigenvalue weighted by Gasteiger charge is -2.15. The summed E-state index contributed by atoms with van der Waals surface area (Å²) in [5.41, 5.74) is 4.14. The topological polar surface area (TPSA) is 67.9 Å². The number of aromatic nitrogens is 4. The van der Waals surface area contributed by atoms with Crippen LogP contribution in [0.5, 0.6) is 0 Å². The van der Waals surface area contributed by atoms with E-state index >= 15 is 0 Å². The number of likely N-dealkylation sites (tertiary alicyclic amines) is 1. The maximum atomic E-state index is 5.86. The molecule has 0 spiro atoms. The van der Waals surface area contributed by atoms with Gasteiger partial charge in [-0.25, -0.2) is 4.98 Å². The van der Waals surface area contributed by atoms with Crippen molar-refractivity contribution in [2.75, 3.05) is 13.1 Å². The molecular weight excluding hydrogens is 314 g/mol. The first kappa shape index (κ1) is 15.9. The summed E-state index contributed by atoms with van der Waals surface area (Å²) in [4.78, 5) is 11.0. The standard InChI is InChI=1S/C19H21N5O/c1-13-4-3-5-15(8-13)11-24-7-6-16(12-24)18-22-23-19(25-18)17-10-20-14(2)9-21-17/h3-5,8-10,16H,6-7,11-12H2,1-2H3/t16-/m1/s1. The molecule has 0 N–H and O–H groups in total. The molecule has 3 heterocycles. The van der Waals surface area contributed by atoms with Gasteiger partial charge in [-0.15, -0.1) is 10.2 Å². The highest BCUT2D eigenvalue weighted by molar-refractivity contribution is 5.43. The fraction of sp³-hybridized carbons (Fsp3) is 0.368. The zero-order valence-electron chi connectivity index (χ0n) is 14.5. The Morgan fingerprint density at radius 2 is 2.08 bits per heavy atom. The van der Waals surface area contributed by atoms with E-state index in [1.165, 1.54) is 11.1 Å². The fourth-order valence-corrected chi connectivity index (χ4v) is 3.25. The van der Waals surface area contributed by atoms with Crippen LogP contribution in [0.3, 0.4) is 0 Å². The highest BCUT2D eigenvalue weighted by atomic mass is 16.4. The van der Waals surface area contributed by atoms with E-state index in [1.807, 2.05) is 6.92 Å². The molecule has 25 heavy (non-hydrogen) atoms. The Kier molecular flexibility index (Phi) is 4.28. The van der Waals surface area contributed by atoms with Crippen molar-refractivity contribution in [1.82, 2.24) is 25.1 Å². The van der Waals surface area contributed by atoms with Gasteiger partial charge < -0.3 is 4.42 Å². The molecule has 128 valence electrons. The van der Waals surface area contributed by atoms with Crippen molar-refractivity contribution in [3.05, 3.63) is 59.4 Å². The van der Waals surface area contributed by atoms with Crippen LogP contribution in [-0.4, -0.2) is 38.2 Å². The number of hydrogen-bond donors (Lipinski definition) is 0. The van der Waals surface area contributed by atoms with Gasteiger partial charge in [0.2, 0.25) is 5.89 Å². The van der Waals surface area contributed by atoms with Crippen molar-refractivity contribution in [3.63, 3.8) is 0 Å². The van der Waals surface area contributed by atoms with E-state index in [-0.39, 0.29) is 5.92 Å². The number of hydrogen-bond acceptors (Lipinski definition) is 6. The number of rotatable bonds is 4. The molecule has 0 radical (unpaired) electrons. The third-order valence-corrected chi connectivity index (χ3v) is 4.55. The van der Waals surface area contributed by atoms with Crippen LogP contribution in [0.15, 0.2) is 41.1 Å². The minimum absolute atomic E-state index is 0.282. The van der Waals surface area contributed by atoms with E-state index in [1.54, 1.807) is 12.4 Å². The fourth-order valence-electron chi connectivity index (χ4n) is 3.25. The average Bonchev–Trinajstić information content (AvgIpc) is 3.25. The smallest absolute Gasteiger partial charge is 0.267 e. The molecule has 6 heteroatoms. The van der Waals surface area contributed by atoms with Crippen molar-refractivity contribution in [1.29, 1.82) is 0 Å². The molecule has 0 unspecified atom stereocenters. The summed E-state index contributed by atoms with van der Waals surface area (Å²) in [6.07, 6.45) is 4.41. The Morgan fingerprint density at radius 1 is 1.16 bits per heavy atom. The number of nitrogens with zero attached hydrogens (tertiary/aromatic N) is 5. The first-order chi connectivity index (χ1) is 12.2. The highest BCUT2D eigenvalue weighted by Crippen LogP contribution is 2.29. The Bertz CT molecular complexity index is 858. The van der Waals surface area contributed by atoms with E-state index in [4.69, 9.17) is 4.42 Å². The molecule has 1 aliphatic rings. The second kappa shape index (κ2) is 6.72. The van der Waals surface area contributed by atoms with E-state index < -0.39 is 0 Å². The van der Waals surface area contributed by atoms with E-state index in [2.05, 4.69) is 56.3 Å². The van der Waals surface area contributed by atoms with Gasteiger partial charge in [-0.3, -0.25) is 9.88 Å². The van der Waals surface area contributed by atoms with Gasteiger partial charge in [0.25, 0.3) is 5.89 Å². The Balaban J connectivity index is 1.43. The third kappa shape index (κ3) is 3.58. The summed E-state index contributed by atoms with van der Waals surface area (Å²) in [6.45, 7) is 6.97. The first-order valence-corrected chi connectivity index (χ1v) is 8.58. The molecule has 1 aromatic carbocycles. The van der Waals surface area contributed by atoms with Crippen molar-refractivity contribution in [2.45, 2.75) is 32.7 Å². The zero-order valence-corrected chi connectivity index (χ0v) is 14.5. The Morgan fingerprint density at radius 3 is 2.88 bits per heavy atom. The monoisotopic (exact) mass is 335 g/mol. The SMILES string of the molecule is Cc1cccc(CN2CC[C@@H](c3nnc(-c4cnc(C)cn4)o3)C2)c1. The predicted octanol–water partition coefficient (Wildman–Crippen LogP) is 3.13. The maximum absolute atomic E-state index is 5.86. The molecule has 0 aliphatic carbocycles. The van der Waals surface area contributed by atoms with Crippen LogP contribution in [0.25, 0.3) is 11.6 Å². The van der Waals surface area contributed by atoms with Crippen LogP contribution in [0.4, 0.5) is 0 Å². The summed E-state index contributed by atoms with van der Waals surface area (Å²) < 4.78 is 5.86. The summed E-state index contributed by atoms with van der Waals surface area (Å²) in [5, 5.41) is 8.39. The molecule has 4 rings (SSSR count). The molecule has 6 nitrogen and oxygen atoms in total. The summed E-state index contributed by atoms with van der Waals surface area (Å²) in [5.74, 6) is 1.42. The van der Waals surface area contributed by atoms with Gasteiger partial charge in [0.1, 0.15) is 5.69 Å². The minimum Gasteiger partial charge on any atom is -0.419 e. The second-order valence-electron chi connectivity index (χ2n) is 6.70. The van der Waals surface area contributed by atoms with Crippen LogP contribution in [0.1, 0.15) is 35.1 Å². The lowest BCUT2D eigenvalue weighted by Crippen LogP contribution is -2.19. The largest absolute Gasteiger partial charge is 0.419 e. The molecule has 0 amide bonds. The predicted molar refractivity (Wildman–Crippen MR) is 93.9 cm³/mol. The Labute approximate surface area is 146 Å². The molecule has 0 saturated carbocycles. The third-order valence-electron chi connectivity index (χ3n) is 4.55. The van der Waals surface area contributed by atoms with Crippen molar-refractivity contribution >= 4 is 0 Å². The van der Waals surface area contributed by atoms with Crippen molar-refractivity contribution in [3.8, 4) is 11.6 Å². The average molecular weight is 335 g/mol. The second-order valence-corrected chi connectivity index (χ2v) is 6.70. The van der Waals surface area contributed by atoms with E-state index in [9.17, 15) is 0 Å². The molecule has 1 aliphatic heterocycles. The molecule has 1 atom stereocenters. The lowest BCUT2D eigenvalue weighted by molar-refractivity contribution is 0.320. The van der Waals surface area contributed by atoms with Gasteiger partial charge in [-0.05, 0) is 32.4 Å². The summed E-state index contributed by atoms with van der Waals surface area (Å²) in [6, 6.07) is 8.67. The molecule has 1 saturated heterocycles. The number of aryl methyl sites for hydroxylation is 2. The molecule has 3 aromatic rings. The highest BCUT2D eigenvalue weighted by Gasteiger charge is 2.28. The molecular formula is C19H21N5O. The quantitative estimate of drug-likeness (QED) is 0.730. The maximum Gasteiger partial charge on any atom is 0.267 e. The van der Waals surface area contributed by atoms with Gasteiger partial charge in [0.15, 0.2) is 0 Å². The van der Waals surface area contributed by atoms with Gasteiger partial charge in [0.05, 0.1) is 17.8 Å². The molecule has 2 aromatic heterocycles. The van der Waals surface area contributed by atoms with Crippen LogP contribution in [0.2, 0.25) is 0 Å². The summed E-state index contributed by atoms with van der Waals surface area (Å²) in [7, 11) is 0. The van der Waals surface area contributed by atoms with Crippen LogP contribution < -0.4 is 0 Å². The molecule has 0 bridgehead atoms. The van der Waals surface area contributed by atoms with E-state index in [0.717, 1.165) is 31.7 Å².